The van der Waals surface area contributed by atoms with Gasteiger partial charge in [-0.05, 0) is 25.2 Å². The fraction of sp³-hybridized carbons (Fsp3) is 0.833. The van der Waals surface area contributed by atoms with Crippen LogP contribution in [-0.2, 0) is 9.59 Å². The second-order valence-corrected chi connectivity index (χ2v) is 4.60. The summed E-state index contributed by atoms with van der Waals surface area (Å²) < 4.78 is 0. The topological polar surface area (TPSA) is 63.4 Å². The van der Waals surface area contributed by atoms with Crippen molar-refractivity contribution in [2.45, 2.75) is 45.4 Å². The summed E-state index contributed by atoms with van der Waals surface area (Å²) in [7, 11) is 0. The molecule has 0 heterocycles. The standard InChI is InChI=1S/C12H22N2O2/c1-2-8-14(9-10-4-3-5-10)12(16)7-6-11(13)15/h10H,2-9H2,1H3,(H2,13,15). The van der Waals surface area contributed by atoms with Crippen LogP contribution in [0.15, 0.2) is 0 Å². The van der Waals surface area contributed by atoms with Crippen LogP contribution in [0.3, 0.4) is 0 Å². The molecule has 1 aliphatic carbocycles. The Morgan fingerprint density at radius 3 is 2.44 bits per heavy atom. The Kier molecular flexibility index (Phi) is 5.29. The van der Waals surface area contributed by atoms with Crippen molar-refractivity contribution in [3.63, 3.8) is 0 Å². The Labute approximate surface area is 97.2 Å². The van der Waals surface area contributed by atoms with Crippen molar-refractivity contribution in [3.05, 3.63) is 0 Å². The summed E-state index contributed by atoms with van der Waals surface area (Å²) in [6, 6.07) is 0. The molecule has 92 valence electrons. The van der Waals surface area contributed by atoms with E-state index in [2.05, 4.69) is 6.92 Å². The van der Waals surface area contributed by atoms with E-state index < -0.39 is 5.91 Å². The molecular weight excluding hydrogens is 204 g/mol. The molecule has 0 aliphatic heterocycles. The number of carbonyl (C=O) groups is 2. The average Bonchev–Trinajstić information content (AvgIpc) is 2.17. The van der Waals surface area contributed by atoms with Crippen LogP contribution >= 0.6 is 0 Å². The number of carbonyl (C=O) groups excluding carboxylic acids is 2. The van der Waals surface area contributed by atoms with E-state index in [1.165, 1.54) is 19.3 Å². The van der Waals surface area contributed by atoms with Gasteiger partial charge in [0.1, 0.15) is 0 Å². The zero-order valence-corrected chi connectivity index (χ0v) is 10.1. The van der Waals surface area contributed by atoms with Crippen LogP contribution < -0.4 is 5.73 Å². The Morgan fingerprint density at radius 2 is 2.00 bits per heavy atom. The van der Waals surface area contributed by atoms with E-state index in [9.17, 15) is 9.59 Å². The maximum absolute atomic E-state index is 11.8. The molecule has 0 spiro atoms. The lowest BCUT2D eigenvalue weighted by Crippen LogP contribution is -2.38. The molecule has 1 aliphatic rings. The molecule has 0 saturated heterocycles. The van der Waals surface area contributed by atoms with Gasteiger partial charge in [0.15, 0.2) is 0 Å². The maximum Gasteiger partial charge on any atom is 0.223 e. The quantitative estimate of drug-likeness (QED) is 0.711. The molecule has 0 aromatic carbocycles. The van der Waals surface area contributed by atoms with E-state index in [0.717, 1.165) is 19.5 Å². The number of nitrogens with two attached hydrogens (primary N) is 1. The van der Waals surface area contributed by atoms with Crippen molar-refractivity contribution >= 4 is 11.8 Å². The molecule has 16 heavy (non-hydrogen) atoms. The normalized spacial score (nSPS) is 15.6. The van der Waals surface area contributed by atoms with E-state index in [0.29, 0.717) is 5.92 Å². The second-order valence-electron chi connectivity index (χ2n) is 4.60. The summed E-state index contributed by atoms with van der Waals surface area (Å²) in [5.41, 5.74) is 5.04. The monoisotopic (exact) mass is 226 g/mol. The van der Waals surface area contributed by atoms with Crippen molar-refractivity contribution in [1.29, 1.82) is 0 Å². The number of hydrogen-bond donors (Lipinski definition) is 1. The number of amides is 2. The van der Waals surface area contributed by atoms with Crippen molar-refractivity contribution in [2.24, 2.45) is 11.7 Å². The van der Waals surface area contributed by atoms with Gasteiger partial charge in [0.25, 0.3) is 0 Å². The molecule has 1 rings (SSSR count). The first-order valence-electron chi connectivity index (χ1n) is 6.19. The Bertz CT molecular complexity index is 249. The summed E-state index contributed by atoms with van der Waals surface area (Å²) in [6.07, 6.45) is 5.17. The molecule has 0 atom stereocenters. The number of primary amides is 1. The van der Waals surface area contributed by atoms with Gasteiger partial charge in [-0.15, -0.1) is 0 Å². The lowest BCUT2D eigenvalue weighted by molar-refractivity contribution is -0.134. The minimum absolute atomic E-state index is 0.0764. The highest BCUT2D eigenvalue weighted by molar-refractivity contribution is 5.82. The molecule has 2 N–H and O–H groups in total. The highest BCUT2D eigenvalue weighted by Gasteiger charge is 2.23. The lowest BCUT2D eigenvalue weighted by Gasteiger charge is -2.32. The van der Waals surface area contributed by atoms with Crippen molar-refractivity contribution < 1.29 is 9.59 Å². The molecule has 2 amide bonds. The molecule has 0 radical (unpaired) electrons. The van der Waals surface area contributed by atoms with Gasteiger partial charge >= 0.3 is 0 Å². The largest absolute Gasteiger partial charge is 0.370 e. The fourth-order valence-corrected chi connectivity index (χ4v) is 1.96. The highest BCUT2D eigenvalue weighted by atomic mass is 16.2. The number of nitrogens with zero attached hydrogens (tertiary/aromatic N) is 1. The molecule has 1 fully saturated rings. The summed E-state index contributed by atoms with van der Waals surface area (Å²) in [5, 5.41) is 0. The van der Waals surface area contributed by atoms with Crippen LogP contribution in [0.5, 0.6) is 0 Å². The van der Waals surface area contributed by atoms with Gasteiger partial charge in [-0.2, -0.15) is 0 Å². The minimum atomic E-state index is -0.395. The Balaban J connectivity index is 2.34. The van der Waals surface area contributed by atoms with Crippen LogP contribution in [0, 0.1) is 5.92 Å². The van der Waals surface area contributed by atoms with Gasteiger partial charge in [-0.1, -0.05) is 13.3 Å². The first-order chi connectivity index (χ1) is 7.63. The number of rotatable bonds is 7. The van der Waals surface area contributed by atoms with Crippen molar-refractivity contribution in [1.82, 2.24) is 4.90 Å². The Morgan fingerprint density at radius 1 is 1.31 bits per heavy atom. The van der Waals surface area contributed by atoms with Crippen LogP contribution in [0.4, 0.5) is 0 Å². The minimum Gasteiger partial charge on any atom is -0.370 e. The smallest absolute Gasteiger partial charge is 0.223 e. The van der Waals surface area contributed by atoms with Gasteiger partial charge in [0.05, 0.1) is 0 Å². The summed E-state index contributed by atoms with van der Waals surface area (Å²) in [4.78, 5) is 24.4. The molecule has 0 bridgehead atoms. The molecule has 0 aromatic heterocycles. The van der Waals surface area contributed by atoms with Crippen LogP contribution in [0.1, 0.15) is 45.4 Å². The predicted octanol–water partition coefficient (Wildman–Crippen LogP) is 1.29. The van der Waals surface area contributed by atoms with E-state index in [4.69, 9.17) is 5.73 Å². The van der Waals surface area contributed by atoms with Crippen molar-refractivity contribution in [2.75, 3.05) is 13.1 Å². The second kappa shape index (κ2) is 6.51. The summed E-state index contributed by atoms with van der Waals surface area (Å²) >= 11 is 0. The van der Waals surface area contributed by atoms with E-state index in [1.54, 1.807) is 0 Å². The zero-order valence-electron chi connectivity index (χ0n) is 10.1. The van der Waals surface area contributed by atoms with Crippen LogP contribution in [0.25, 0.3) is 0 Å². The zero-order chi connectivity index (χ0) is 12.0. The third-order valence-electron chi connectivity index (χ3n) is 3.13. The Hall–Kier alpha value is -1.06. The first-order valence-corrected chi connectivity index (χ1v) is 6.19. The SMILES string of the molecule is CCCN(CC1CCC1)C(=O)CCC(N)=O. The fourth-order valence-electron chi connectivity index (χ4n) is 1.96. The van der Waals surface area contributed by atoms with Crippen LogP contribution in [-0.4, -0.2) is 29.8 Å². The molecule has 0 aromatic rings. The van der Waals surface area contributed by atoms with E-state index >= 15 is 0 Å². The average molecular weight is 226 g/mol. The van der Waals surface area contributed by atoms with Crippen LogP contribution in [0.2, 0.25) is 0 Å². The first kappa shape index (κ1) is 13.0. The predicted molar refractivity (Wildman–Crippen MR) is 62.6 cm³/mol. The molecule has 0 unspecified atom stereocenters. The number of hydrogen-bond acceptors (Lipinski definition) is 2. The third-order valence-corrected chi connectivity index (χ3v) is 3.13. The lowest BCUT2D eigenvalue weighted by atomic mass is 9.85. The highest BCUT2D eigenvalue weighted by Crippen LogP contribution is 2.27. The van der Waals surface area contributed by atoms with Gasteiger partial charge < -0.3 is 10.6 Å². The molecule has 1 saturated carbocycles. The van der Waals surface area contributed by atoms with Gasteiger partial charge in [0.2, 0.25) is 11.8 Å². The van der Waals surface area contributed by atoms with Gasteiger partial charge in [0, 0.05) is 25.9 Å². The molecular formula is C12H22N2O2. The van der Waals surface area contributed by atoms with E-state index in [-0.39, 0.29) is 18.7 Å². The summed E-state index contributed by atoms with van der Waals surface area (Å²) in [6.45, 7) is 3.73. The molecule has 4 nitrogen and oxygen atoms in total. The van der Waals surface area contributed by atoms with Crippen molar-refractivity contribution in [3.8, 4) is 0 Å². The maximum atomic E-state index is 11.8. The third kappa shape index (κ3) is 4.21. The summed E-state index contributed by atoms with van der Waals surface area (Å²) in [5.74, 6) is 0.366. The van der Waals surface area contributed by atoms with Gasteiger partial charge in [-0.25, -0.2) is 0 Å². The van der Waals surface area contributed by atoms with E-state index in [1.807, 2.05) is 4.90 Å². The molecule has 4 heteroatoms. The van der Waals surface area contributed by atoms with Gasteiger partial charge in [-0.3, -0.25) is 9.59 Å².